The van der Waals surface area contributed by atoms with Gasteiger partial charge >= 0.3 is 0 Å². The zero-order valence-corrected chi connectivity index (χ0v) is 15.6. The van der Waals surface area contributed by atoms with Gasteiger partial charge in [0.2, 0.25) is 0 Å². The average molecular weight is 374 g/mol. The molecular weight excluding hydrogens is 350 g/mol. The average Bonchev–Trinajstić information content (AvgIpc) is 3.07. The molecule has 5 nitrogen and oxygen atoms in total. The molecule has 0 radical (unpaired) electrons. The summed E-state index contributed by atoms with van der Waals surface area (Å²) < 4.78 is 8.26. The Morgan fingerprint density at radius 2 is 2.04 bits per heavy atom. The van der Waals surface area contributed by atoms with Gasteiger partial charge in [-0.3, -0.25) is 14.5 Å². The van der Waals surface area contributed by atoms with Crippen molar-refractivity contribution in [3.63, 3.8) is 0 Å². The van der Waals surface area contributed by atoms with Gasteiger partial charge in [-0.1, -0.05) is 24.4 Å². The third-order valence-electron chi connectivity index (χ3n) is 5.88. The lowest BCUT2D eigenvalue weighted by atomic mass is 9.77. The molecule has 0 aliphatic heterocycles. The Hall–Kier alpha value is -1.88. The number of ether oxygens (including phenoxy) is 1. The molecule has 26 heavy (non-hydrogen) atoms. The molecule has 0 bridgehead atoms. The molecule has 2 aromatic heterocycles. The normalized spacial score (nSPS) is 23.4. The highest BCUT2D eigenvalue weighted by molar-refractivity contribution is 6.33. The minimum atomic E-state index is 0.334. The zero-order valence-electron chi connectivity index (χ0n) is 14.8. The summed E-state index contributed by atoms with van der Waals surface area (Å²) in [5, 5.41) is 4.94. The quantitative estimate of drug-likeness (QED) is 0.681. The lowest BCUT2D eigenvalue weighted by Crippen LogP contribution is -2.28. The number of carbonyl (C=O) groups excluding carboxylic acids is 1. The molecular formula is C20H24ClN3O2. The number of aldehydes is 1. The zero-order chi connectivity index (χ0) is 17.9. The van der Waals surface area contributed by atoms with Crippen molar-refractivity contribution in [3.8, 4) is 5.75 Å². The first kappa shape index (κ1) is 17.5. The van der Waals surface area contributed by atoms with Crippen LogP contribution in [0.15, 0.2) is 24.7 Å². The van der Waals surface area contributed by atoms with E-state index in [1.165, 1.54) is 50.4 Å². The molecule has 2 heterocycles. The summed E-state index contributed by atoms with van der Waals surface area (Å²) in [7, 11) is 0. The largest absolute Gasteiger partial charge is 0.491 e. The van der Waals surface area contributed by atoms with Gasteiger partial charge in [0.25, 0.3) is 0 Å². The number of carbonyl (C=O) groups is 1. The van der Waals surface area contributed by atoms with Gasteiger partial charge in [0.15, 0.2) is 6.29 Å². The Balaban J connectivity index is 1.51. The number of hydrogen-bond donors (Lipinski definition) is 0. The second-order valence-corrected chi connectivity index (χ2v) is 7.81. The van der Waals surface area contributed by atoms with E-state index in [0.29, 0.717) is 40.8 Å². The maximum Gasteiger partial charge on any atom is 0.155 e. The molecule has 0 aromatic carbocycles. The fourth-order valence-corrected chi connectivity index (χ4v) is 4.40. The summed E-state index contributed by atoms with van der Waals surface area (Å²) >= 11 is 6.05. The van der Waals surface area contributed by atoms with E-state index >= 15 is 0 Å². The minimum Gasteiger partial charge on any atom is -0.491 e. The van der Waals surface area contributed by atoms with Gasteiger partial charge in [-0.25, -0.2) is 0 Å². The van der Waals surface area contributed by atoms with Gasteiger partial charge in [-0.15, -0.1) is 0 Å². The van der Waals surface area contributed by atoms with Crippen molar-refractivity contribution in [2.45, 2.75) is 56.9 Å². The highest BCUT2D eigenvalue weighted by Crippen LogP contribution is 2.41. The van der Waals surface area contributed by atoms with Gasteiger partial charge in [0.1, 0.15) is 5.75 Å². The minimum absolute atomic E-state index is 0.334. The van der Waals surface area contributed by atoms with Gasteiger partial charge in [0.05, 0.1) is 29.4 Å². The number of nitrogens with zero attached hydrogens (tertiary/aromatic N) is 3. The predicted molar refractivity (Wildman–Crippen MR) is 99.9 cm³/mol. The molecule has 0 spiro atoms. The first-order chi connectivity index (χ1) is 12.8. The van der Waals surface area contributed by atoms with Gasteiger partial charge in [-0.2, -0.15) is 5.10 Å². The number of rotatable bonds is 6. The van der Waals surface area contributed by atoms with Crippen LogP contribution in [0.5, 0.6) is 5.75 Å². The Morgan fingerprint density at radius 3 is 2.81 bits per heavy atom. The van der Waals surface area contributed by atoms with Crippen LogP contribution in [0.25, 0.3) is 0 Å². The lowest BCUT2D eigenvalue weighted by Gasteiger charge is -2.35. The van der Waals surface area contributed by atoms with E-state index in [9.17, 15) is 4.79 Å². The number of hydrogen-bond acceptors (Lipinski definition) is 4. The molecule has 0 amide bonds. The van der Waals surface area contributed by atoms with Crippen molar-refractivity contribution in [3.05, 3.63) is 40.9 Å². The Bertz CT molecular complexity index is 772. The molecule has 2 aliphatic carbocycles. The predicted octanol–water partition coefficient (Wildman–Crippen LogP) is 4.82. The van der Waals surface area contributed by atoms with Crippen molar-refractivity contribution < 1.29 is 9.53 Å². The van der Waals surface area contributed by atoms with Crippen molar-refractivity contribution in [1.82, 2.24) is 14.8 Å². The fraction of sp³-hybridized carbons (Fsp3) is 0.550. The van der Waals surface area contributed by atoms with Gasteiger partial charge in [-0.05, 0) is 38.2 Å². The third kappa shape index (κ3) is 3.37. The lowest BCUT2D eigenvalue weighted by molar-refractivity contribution is 0.111. The van der Waals surface area contributed by atoms with E-state index in [-0.39, 0.29) is 0 Å². The van der Waals surface area contributed by atoms with Gasteiger partial charge in [0, 0.05) is 29.9 Å². The van der Waals surface area contributed by atoms with Crippen molar-refractivity contribution in [1.29, 1.82) is 0 Å². The van der Waals surface area contributed by atoms with Crippen LogP contribution in [0.4, 0.5) is 0 Å². The van der Waals surface area contributed by atoms with Gasteiger partial charge < -0.3 is 4.74 Å². The molecule has 2 aromatic rings. The Labute approximate surface area is 158 Å². The summed E-state index contributed by atoms with van der Waals surface area (Å²) in [5.74, 6) is 1.35. The van der Waals surface area contributed by atoms with Crippen molar-refractivity contribution in [2.24, 2.45) is 5.92 Å². The second-order valence-electron chi connectivity index (χ2n) is 7.40. The Kier molecular flexibility index (Phi) is 5.25. The van der Waals surface area contributed by atoms with Crippen molar-refractivity contribution in [2.75, 3.05) is 6.61 Å². The summed E-state index contributed by atoms with van der Waals surface area (Å²) in [4.78, 5) is 15.4. The molecule has 6 heteroatoms. The molecule has 2 unspecified atom stereocenters. The summed E-state index contributed by atoms with van der Waals surface area (Å²) in [6, 6.07) is 2.75. The van der Waals surface area contributed by atoms with Crippen LogP contribution in [-0.4, -0.2) is 27.7 Å². The van der Waals surface area contributed by atoms with E-state index < -0.39 is 0 Å². The molecule has 0 saturated heterocycles. The van der Waals surface area contributed by atoms with Crippen LogP contribution in [0, 0.1) is 5.92 Å². The molecule has 0 N–H and O–H groups in total. The van der Waals surface area contributed by atoms with Crippen LogP contribution in [0.1, 0.15) is 73.0 Å². The Morgan fingerprint density at radius 1 is 1.19 bits per heavy atom. The molecule has 4 rings (SSSR count). The highest BCUT2D eigenvalue weighted by Gasteiger charge is 2.32. The van der Waals surface area contributed by atoms with E-state index in [4.69, 9.17) is 16.3 Å². The van der Waals surface area contributed by atoms with E-state index in [1.54, 1.807) is 6.20 Å². The molecule has 138 valence electrons. The van der Waals surface area contributed by atoms with E-state index in [0.717, 1.165) is 12.7 Å². The number of aromatic nitrogens is 3. The SMILES string of the molecule is O=Cc1c(Cl)cncc1OCC1CCCCC1c1ccnn1C1CCC1. The molecule has 2 aliphatic rings. The van der Waals surface area contributed by atoms with Crippen LogP contribution in [0.2, 0.25) is 5.02 Å². The van der Waals surface area contributed by atoms with E-state index in [1.807, 2.05) is 6.20 Å². The maximum atomic E-state index is 11.3. The molecule has 2 atom stereocenters. The third-order valence-corrected chi connectivity index (χ3v) is 6.18. The van der Waals surface area contributed by atoms with E-state index in [2.05, 4.69) is 20.8 Å². The number of halogens is 1. The summed E-state index contributed by atoms with van der Waals surface area (Å²) in [6.45, 7) is 0.573. The van der Waals surface area contributed by atoms with Crippen LogP contribution in [-0.2, 0) is 0 Å². The molecule has 2 saturated carbocycles. The molecule has 2 fully saturated rings. The summed E-state index contributed by atoms with van der Waals surface area (Å²) in [6.07, 6.45) is 14.3. The second kappa shape index (κ2) is 7.78. The van der Waals surface area contributed by atoms with Crippen LogP contribution < -0.4 is 4.74 Å². The highest BCUT2D eigenvalue weighted by atomic mass is 35.5. The topological polar surface area (TPSA) is 57.0 Å². The standard InChI is InChI=1S/C20H24ClN3O2/c21-18-10-22-11-20(17(18)12-25)26-13-14-4-1-2-7-16(14)19-8-9-23-24(19)15-5-3-6-15/h8-12,14-16H,1-7,13H2. The van der Waals surface area contributed by atoms with Crippen molar-refractivity contribution >= 4 is 17.9 Å². The smallest absolute Gasteiger partial charge is 0.155 e. The van der Waals surface area contributed by atoms with Crippen LogP contribution in [0.3, 0.4) is 0 Å². The monoisotopic (exact) mass is 373 g/mol. The van der Waals surface area contributed by atoms with Crippen LogP contribution >= 0.6 is 11.6 Å². The summed E-state index contributed by atoms with van der Waals surface area (Å²) in [5.41, 5.74) is 1.73. The first-order valence-electron chi connectivity index (χ1n) is 9.53. The fourth-order valence-electron chi connectivity index (χ4n) is 4.20. The maximum absolute atomic E-state index is 11.3. The number of pyridine rings is 1. The first-order valence-corrected chi connectivity index (χ1v) is 9.90.